The molecular formula is C27H25N3O2. The van der Waals surface area contributed by atoms with Crippen LogP contribution < -0.4 is 15.0 Å². The predicted molar refractivity (Wildman–Crippen MR) is 129 cm³/mol. The third-order valence-electron chi connectivity index (χ3n) is 5.93. The van der Waals surface area contributed by atoms with Gasteiger partial charge in [-0.05, 0) is 85.5 Å². The fourth-order valence-corrected chi connectivity index (χ4v) is 4.22. The van der Waals surface area contributed by atoms with Gasteiger partial charge in [0.25, 0.3) is 5.91 Å². The van der Waals surface area contributed by atoms with E-state index < -0.39 is 0 Å². The first-order valence-electron chi connectivity index (χ1n) is 10.8. The van der Waals surface area contributed by atoms with Crippen LogP contribution in [0, 0.1) is 13.8 Å². The van der Waals surface area contributed by atoms with Crippen molar-refractivity contribution in [2.75, 3.05) is 23.9 Å². The van der Waals surface area contributed by atoms with Crippen LogP contribution >= 0.6 is 0 Å². The van der Waals surface area contributed by atoms with Gasteiger partial charge in [0.2, 0.25) is 0 Å². The number of nitrogens with one attached hydrogen (secondary N) is 1. The van der Waals surface area contributed by atoms with E-state index in [2.05, 4.69) is 41.4 Å². The average Bonchev–Trinajstić information content (AvgIpc) is 3.20. The molecule has 5 heteroatoms. The molecule has 0 atom stereocenters. The monoisotopic (exact) mass is 423 g/mol. The van der Waals surface area contributed by atoms with Crippen LogP contribution in [0.3, 0.4) is 0 Å². The van der Waals surface area contributed by atoms with E-state index in [0.717, 1.165) is 35.6 Å². The Kier molecular flexibility index (Phi) is 5.02. The SMILES string of the molecule is COc1ccc(C)cc1NC(=O)c1ccc(N2CCc3cc4ccc(C)cc4nc32)cc1. The third-order valence-corrected chi connectivity index (χ3v) is 5.93. The van der Waals surface area contributed by atoms with Gasteiger partial charge in [0.1, 0.15) is 11.6 Å². The summed E-state index contributed by atoms with van der Waals surface area (Å²) in [5, 5.41) is 4.13. The third kappa shape index (κ3) is 3.66. The molecule has 0 unspecified atom stereocenters. The molecule has 1 N–H and O–H groups in total. The highest BCUT2D eigenvalue weighted by molar-refractivity contribution is 6.05. The van der Waals surface area contributed by atoms with Crippen molar-refractivity contribution in [1.29, 1.82) is 0 Å². The summed E-state index contributed by atoms with van der Waals surface area (Å²) in [6.45, 7) is 4.95. The first kappa shape index (κ1) is 20.1. The van der Waals surface area contributed by atoms with Crippen molar-refractivity contribution in [3.05, 3.63) is 89.0 Å². The largest absolute Gasteiger partial charge is 0.495 e. The molecule has 4 aromatic rings. The molecule has 0 fully saturated rings. The van der Waals surface area contributed by atoms with Gasteiger partial charge in [-0.15, -0.1) is 0 Å². The fourth-order valence-electron chi connectivity index (χ4n) is 4.22. The lowest BCUT2D eigenvalue weighted by Crippen LogP contribution is -2.16. The van der Waals surface area contributed by atoms with Crippen LogP contribution in [0.25, 0.3) is 10.9 Å². The number of methoxy groups -OCH3 is 1. The quantitative estimate of drug-likeness (QED) is 0.450. The summed E-state index contributed by atoms with van der Waals surface area (Å²) in [5.74, 6) is 1.48. The predicted octanol–water partition coefficient (Wildman–Crippen LogP) is 5.81. The van der Waals surface area contributed by atoms with Crippen molar-refractivity contribution in [2.45, 2.75) is 20.3 Å². The molecule has 1 aliphatic rings. The van der Waals surface area contributed by atoms with Crippen molar-refractivity contribution in [3.63, 3.8) is 0 Å². The first-order chi connectivity index (χ1) is 15.5. The topological polar surface area (TPSA) is 54.5 Å². The maximum atomic E-state index is 12.8. The lowest BCUT2D eigenvalue weighted by molar-refractivity contribution is 0.102. The van der Waals surface area contributed by atoms with Crippen molar-refractivity contribution in [2.24, 2.45) is 0 Å². The number of fused-ring (bicyclic) bond motifs is 2. The molecular weight excluding hydrogens is 398 g/mol. The zero-order valence-electron chi connectivity index (χ0n) is 18.5. The fraction of sp³-hybridized carbons (Fsp3) is 0.185. The van der Waals surface area contributed by atoms with E-state index in [-0.39, 0.29) is 5.91 Å². The summed E-state index contributed by atoms with van der Waals surface area (Å²) in [5.41, 5.74) is 6.83. The van der Waals surface area contributed by atoms with Crippen molar-refractivity contribution < 1.29 is 9.53 Å². The number of benzene rings is 3. The second-order valence-corrected chi connectivity index (χ2v) is 8.27. The minimum absolute atomic E-state index is 0.165. The van der Waals surface area contributed by atoms with Gasteiger partial charge in [0.05, 0.1) is 18.3 Å². The summed E-state index contributed by atoms with van der Waals surface area (Å²) in [6, 6.07) is 22.0. The summed E-state index contributed by atoms with van der Waals surface area (Å²) >= 11 is 0. The van der Waals surface area contributed by atoms with E-state index in [1.165, 1.54) is 16.5 Å². The van der Waals surface area contributed by atoms with E-state index >= 15 is 0 Å². The van der Waals surface area contributed by atoms with E-state index in [9.17, 15) is 4.79 Å². The highest BCUT2D eigenvalue weighted by Crippen LogP contribution is 2.35. The normalized spacial score (nSPS) is 12.7. The maximum Gasteiger partial charge on any atom is 0.255 e. The Morgan fingerprint density at radius 2 is 1.72 bits per heavy atom. The first-order valence-corrected chi connectivity index (χ1v) is 10.8. The number of rotatable bonds is 4. The smallest absolute Gasteiger partial charge is 0.255 e. The number of hydrogen-bond acceptors (Lipinski definition) is 4. The Morgan fingerprint density at radius 1 is 0.969 bits per heavy atom. The van der Waals surface area contributed by atoms with Gasteiger partial charge < -0.3 is 15.0 Å². The minimum Gasteiger partial charge on any atom is -0.495 e. The number of carbonyl (C=O) groups excluding carboxylic acids is 1. The van der Waals surface area contributed by atoms with E-state index in [0.29, 0.717) is 17.0 Å². The van der Waals surface area contributed by atoms with Crippen LogP contribution in [0.15, 0.2) is 66.7 Å². The molecule has 2 heterocycles. The Bertz CT molecular complexity index is 1330. The maximum absolute atomic E-state index is 12.8. The number of nitrogens with zero attached hydrogens (tertiary/aromatic N) is 2. The van der Waals surface area contributed by atoms with Crippen LogP contribution in [0.1, 0.15) is 27.0 Å². The minimum atomic E-state index is -0.165. The highest BCUT2D eigenvalue weighted by atomic mass is 16.5. The summed E-state index contributed by atoms with van der Waals surface area (Å²) in [7, 11) is 1.60. The Labute approximate surface area is 187 Å². The van der Waals surface area contributed by atoms with Crippen LogP contribution in [0.4, 0.5) is 17.2 Å². The van der Waals surface area contributed by atoms with Gasteiger partial charge in [0.15, 0.2) is 0 Å². The lowest BCUT2D eigenvalue weighted by atomic mass is 10.1. The highest BCUT2D eigenvalue weighted by Gasteiger charge is 2.23. The number of pyridine rings is 1. The molecule has 0 spiro atoms. The molecule has 0 aliphatic carbocycles. The number of ether oxygens (including phenoxy) is 1. The molecule has 1 aliphatic heterocycles. The second-order valence-electron chi connectivity index (χ2n) is 8.27. The molecule has 5 nitrogen and oxygen atoms in total. The van der Waals surface area contributed by atoms with E-state index in [4.69, 9.17) is 9.72 Å². The Hall–Kier alpha value is -3.86. The summed E-state index contributed by atoms with van der Waals surface area (Å²) < 4.78 is 5.37. The molecule has 3 aromatic carbocycles. The molecule has 5 rings (SSSR count). The number of carbonyl (C=O) groups is 1. The number of anilines is 3. The molecule has 32 heavy (non-hydrogen) atoms. The average molecular weight is 424 g/mol. The molecule has 1 amide bonds. The summed E-state index contributed by atoms with van der Waals surface area (Å²) in [4.78, 5) is 20.0. The molecule has 0 saturated heterocycles. The second kappa shape index (κ2) is 8.00. The van der Waals surface area contributed by atoms with Crippen molar-refractivity contribution in [1.82, 2.24) is 4.98 Å². The van der Waals surface area contributed by atoms with Gasteiger partial charge in [-0.2, -0.15) is 0 Å². The van der Waals surface area contributed by atoms with Crippen molar-refractivity contribution >= 4 is 34.0 Å². The number of amides is 1. The van der Waals surface area contributed by atoms with Crippen LogP contribution in [-0.2, 0) is 6.42 Å². The van der Waals surface area contributed by atoms with Gasteiger partial charge in [-0.3, -0.25) is 4.79 Å². The van der Waals surface area contributed by atoms with Crippen LogP contribution in [0.5, 0.6) is 5.75 Å². The van der Waals surface area contributed by atoms with Crippen LogP contribution in [0.2, 0.25) is 0 Å². The van der Waals surface area contributed by atoms with Gasteiger partial charge in [0, 0.05) is 23.2 Å². The Morgan fingerprint density at radius 3 is 2.50 bits per heavy atom. The molecule has 0 bridgehead atoms. The zero-order valence-corrected chi connectivity index (χ0v) is 18.5. The number of aryl methyl sites for hydroxylation is 2. The molecule has 0 saturated carbocycles. The summed E-state index contributed by atoms with van der Waals surface area (Å²) in [6.07, 6.45) is 0.960. The van der Waals surface area contributed by atoms with E-state index in [1.54, 1.807) is 7.11 Å². The Balaban J connectivity index is 1.39. The lowest BCUT2D eigenvalue weighted by Gasteiger charge is -2.19. The molecule has 0 radical (unpaired) electrons. The van der Waals surface area contributed by atoms with Gasteiger partial charge in [-0.25, -0.2) is 4.98 Å². The number of hydrogen-bond donors (Lipinski definition) is 1. The molecule has 1 aromatic heterocycles. The van der Waals surface area contributed by atoms with Gasteiger partial charge in [-0.1, -0.05) is 18.2 Å². The van der Waals surface area contributed by atoms with Crippen molar-refractivity contribution in [3.8, 4) is 5.75 Å². The number of aromatic nitrogens is 1. The van der Waals surface area contributed by atoms with Gasteiger partial charge >= 0.3 is 0 Å². The van der Waals surface area contributed by atoms with Crippen LogP contribution in [-0.4, -0.2) is 24.5 Å². The zero-order chi connectivity index (χ0) is 22.2. The van der Waals surface area contributed by atoms with E-state index in [1.807, 2.05) is 49.4 Å². The standard InChI is InChI=1S/C27H25N3O2/c1-17-4-6-20-16-21-12-13-30(26(21)28-23(20)14-17)22-9-7-19(8-10-22)27(31)29-24-15-18(2)5-11-25(24)32-3/h4-11,14-16H,12-13H2,1-3H3,(H,29,31). The molecule has 160 valence electrons.